The summed E-state index contributed by atoms with van der Waals surface area (Å²) in [7, 11) is 1.58. The molecule has 0 unspecified atom stereocenters. The molecule has 3 aromatic carbocycles. The van der Waals surface area contributed by atoms with Crippen molar-refractivity contribution in [3.05, 3.63) is 83.7 Å². The lowest BCUT2D eigenvalue weighted by Crippen LogP contribution is -2.24. The summed E-state index contributed by atoms with van der Waals surface area (Å²) in [5, 5.41) is 3.00. The van der Waals surface area contributed by atoms with Gasteiger partial charge in [-0.2, -0.15) is 0 Å². The van der Waals surface area contributed by atoms with Gasteiger partial charge in [-0.1, -0.05) is 42.5 Å². The summed E-state index contributed by atoms with van der Waals surface area (Å²) >= 11 is 0. The molecule has 0 atom stereocenters. The van der Waals surface area contributed by atoms with E-state index in [2.05, 4.69) is 15.3 Å². The third-order valence-electron chi connectivity index (χ3n) is 5.35. The van der Waals surface area contributed by atoms with Gasteiger partial charge in [0.05, 0.1) is 23.7 Å². The van der Waals surface area contributed by atoms with Crippen LogP contribution in [-0.2, 0) is 11.3 Å². The maximum atomic E-state index is 13.3. The SMILES string of the molecule is COc1cc(/C=C(/C(=O)NCc2ccccc2)c2nc3ccccc3[nH]2)cc2c1OCCO2. The van der Waals surface area contributed by atoms with Crippen molar-refractivity contribution in [1.29, 1.82) is 0 Å². The Morgan fingerprint density at radius 3 is 2.70 bits per heavy atom. The number of carbonyl (C=O) groups excluding carboxylic acids is 1. The van der Waals surface area contributed by atoms with Crippen LogP contribution in [0.2, 0.25) is 0 Å². The molecule has 0 saturated carbocycles. The summed E-state index contributed by atoms with van der Waals surface area (Å²) in [5.41, 5.74) is 3.79. The number of imidazole rings is 1. The van der Waals surface area contributed by atoms with Gasteiger partial charge in [0.15, 0.2) is 11.5 Å². The smallest absolute Gasteiger partial charge is 0.255 e. The Hall–Kier alpha value is -4.26. The zero-order chi connectivity index (χ0) is 22.6. The largest absolute Gasteiger partial charge is 0.493 e. The number of nitrogens with one attached hydrogen (secondary N) is 2. The Morgan fingerprint density at radius 2 is 1.88 bits per heavy atom. The Kier molecular flexibility index (Phi) is 5.68. The van der Waals surface area contributed by atoms with Gasteiger partial charge in [0.1, 0.15) is 19.0 Å². The summed E-state index contributed by atoms with van der Waals surface area (Å²) in [6.45, 7) is 1.32. The van der Waals surface area contributed by atoms with Crippen LogP contribution in [-0.4, -0.2) is 36.2 Å². The second-order valence-electron chi connectivity index (χ2n) is 7.58. The quantitative estimate of drug-likeness (QED) is 0.438. The Labute approximate surface area is 191 Å². The molecule has 0 saturated heterocycles. The molecule has 4 aromatic rings. The van der Waals surface area contributed by atoms with E-state index in [1.165, 1.54) is 0 Å². The lowest BCUT2D eigenvalue weighted by atomic mass is 10.1. The van der Waals surface area contributed by atoms with E-state index in [1.54, 1.807) is 13.2 Å². The van der Waals surface area contributed by atoms with Crippen LogP contribution >= 0.6 is 0 Å². The van der Waals surface area contributed by atoms with Gasteiger partial charge in [-0.05, 0) is 41.5 Å². The number of nitrogens with zero attached hydrogens (tertiary/aromatic N) is 1. The van der Waals surface area contributed by atoms with Gasteiger partial charge in [0.25, 0.3) is 5.91 Å². The number of para-hydroxylation sites is 2. The third kappa shape index (κ3) is 4.39. The van der Waals surface area contributed by atoms with Crippen LogP contribution in [0.1, 0.15) is 17.0 Å². The van der Waals surface area contributed by atoms with Crippen LogP contribution in [0.15, 0.2) is 66.7 Å². The molecule has 0 aliphatic carbocycles. The van der Waals surface area contributed by atoms with E-state index in [1.807, 2.05) is 66.7 Å². The number of ether oxygens (including phenoxy) is 3. The fourth-order valence-corrected chi connectivity index (χ4v) is 3.74. The number of aromatic amines is 1. The molecule has 166 valence electrons. The highest BCUT2D eigenvalue weighted by Gasteiger charge is 2.20. The number of fused-ring (bicyclic) bond motifs is 2. The standard InChI is InChI=1S/C26H23N3O4/c1-31-22-14-18(15-23-24(22)33-12-11-32-23)13-19(25-28-20-9-5-6-10-21(20)29-25)26(30)27-16-17-7-3-2-4-8-17/h2-10,13-15H,11-12,16H2,1H3,(H,27,30)(H,28,29)/b19-13+. The van der Waals surface area contributed by atoms with Crippen LogP contribution in [0.5, 0.6) is 17.2 Å². The topological polar surface area (TPSA) is 85.5 Å². The number of carbonyl (C=O) groups is 1. The molecule has 1 aliphatic heterocycles. The minimum Gasteiger partial charge on any atom is -0.493 e. The van der Waals surface area contributed by atoms with Crippen LogP contribution in [0, 0.1) is 0 Å². The van der Waals surface area contributed by atoms with Crippen LogP contribution in [0.3, 0.4) is 0 Å². The van der Waals surface area contributed by atoms with Gasteiger partial charge in [-0.25, -0.2) is 4.98 Å². The third-order valence-corrected chi connectivity index (χ3v) is 5.35. The minimum absolute atomic E-state index is 0.244. The Balaban J connectivity index is 1.54. The second kappa shape index (κ2) is 9.08. The summed E-state index contributed by atoms with van der Waals surface area (Å²) in [4.78, 5) is 21.2. The van der Waals surface area contributed by atoms with Gasteiger partial charge in [-0.3, -0.25) is 4.79 Å². The number of amides is 1. The maximum Gasteiger partial charge on any atom is 0.255 e. The van der Waals surface area contributed by atoms with E-state index in [9.17, 15) is 4.79 Å². The molecule has 1 aromatic heterocycles. The van der Waals surface area contributed by atoms with E-state index in [0.29, 0.717) is 48.4 Å². The number of H-pyrrole nitrogens is 1. The van der Waals surface area contributed by atoms with E-state index in [4.69, 9.17) is 14.2 Å². The number of aromatic nitrogens is 2. The van der Waals surface area contributed by atoms with Crippen LogP contribution in [0.25, 0.3) is 22.7 Å². The predicted molar refractivity (Wildman–Crippen MR) is 126 cm³/mol. The van der Waals surface area contributed by atoms with E-state index in [-0.39, 0.29) is 5.91 Å². The summed E-state index contributed by atoms with van der Waals surface area (Å²) < 4.78 is 16.9. The average Bonchev–Trinajstić information content (AvgIpc) is 3.30. The first-order valence-electron chi connectivity index (χ1n) is 10.7. The highest BCUT2D eigenvalue weighted by atomic mass is 16.6. The first kappa shape index (κ1) is 20.6. The fourth-order valence-electron chi connectivity index (χ4n) is 3.74. The van der Waals surface area contributed by atoms with Gasteiger partial charge in [-0.15, -0.1) is 0 Å². The number of hydrogen-bond acceptors (Lipinski definition) is 5. The van der Waals surface area contributed by atoms with Crippen molar-refractivity contribution < 1.29 is 19.0 Å². The monoisotopic (exact) mass is 441 g/mol. The normalized spacial score (nSPS) is 13.1. The first-order chi connectivity index (χ1) is 16.2. The summed E-state index contributed by atoms with van der Waals surface area (Å²) in [6.07, 6.45) is 1.78. The number of benzene rings is 3. The molecule has 0 radical (unpaired) electrons. The maximum absolute atomic E-state index is 13.3. The van der Waals surface area contributed by atoms with Gasteiger partial charge in [0, 0.05) is 6.54 Å². The fraction of sp³-hybridized carbons (Fsp3) is 0.154. The van der Waals surface area contributed by atoms with Crippen LogP contribution in [0.4, 0.5) is 0 Å². The summed E-state index contributed by atoms with van der Waals surface area (Å²) in [5.74, 6) is 1.94. The second-order valence-corrected chi connectivity index (χ2v) is 7.58. The Bertz CT molecular complexity index is 1280. The van der Waals surface area contributed by atoms with E-state index >= 15 is 0 Å². The van der Waals surface area contributed by atoms with E-state index < -0.39 is 0 Å². The predicted octanol–water partition coefficient (Wildman–Crippen LogP) is 4.20. The number of methoxy groups -OCH3 is 1. The lowest BCUT2D eigenvalue weighted by Gasteiger charge is -2.21. The van der Waals surface area contributed by atoms with Crippen LogP contribution < -0.4 is 19.5 Å². The summed E-state index contributed by atoms with van der Waals surface area (Å²) in [6, 6.07) is 21.1. The molecule has 0 spiro atoms. The highest BCUT2D eigenvalue weighted by molar-refractivity contribution is 6.23. The molecule has 0 fully saturated rings. The van der Waals surface area contributed by atoms with Gasteiger partial charge < -0.3 is 24.5 Å². The lowest BCUT2D eigenvalue weighted by molar-refractivity contribution is -0.115. The van der Waals surface area contributed by atoms with Crippen molar-refractivity contribution in [1.82, 2.24) is 15.3 Å². The van der Waals surface area contributed by atoms with Gasteiger partial charge in [0.2, 0.25) is 5.75 Å². The molecule has 7 heteroatoms. The van der Waals surface area contributed by atoms with Crippen molar-refractivity contribution >= 4 is 28.6 Å². The van der Waals surface area contributed by atoms with Crippen molar-refractivity contribution in [3.63, 3.8) is 0 Å². The zero-order valence-electron chi connectivity index (χ0n) is 18.1. The molecule has 2 heterocycles. The van der Waals surface area contributed by atoms with Crippen molar-refractivity contribution in [2.45, 2.75) is 6.54 Å². The first-order valence-corrected chi connectivity index (χ1v) is 10.7. The highest BCUT2D eigenvalue weighted by Crippen LogP contribution is 2.41. The molecule has 1 aliphatic rings. The van der Waals surface area contributed by atoms with E-state index in [0.717, 1.165) is 22.2 Å². The number of hydrogen-bond donors (Lipinski definition) is 2. The molecule has 1 amide bonds. The molecule has 0 bridgehead atoms. The zero-order valence-corrected chi connectivity index (χ0v) is 18.1. The average molecular weight is 441 g/mol. The minimum atomic E-state index is -0.244. The molecule has 33 heavy (non-hydrogen) atoms. The van der Waals surface area contributed by atoms with Crippen molar-refractivity contribution in [2.75, 3.05) is 20.3 Å². The van der Waals surface area contributed by atoms with Gasteiger partial charge >= 0.3 is 0 Å². The Morgan fingerprint density at radius 1 is 1.09 bits per heavy atom. The number of rotatable bonds is 6. The molecule has 7 nitrogen and oxygen atoms in total. The molecular weight excluding hydrogens is 418 g/mol. The molecular formula is C26H23N3O4. The molecule has 2 N–H and O–H groups in total. The van der Waals surface area contributed by atoms with Crippen molar-refractivity contribution in [2.24, 2.45) is 0 Å². The molecule has 5 rings (SSSR count). The van der Waals surface area contributed by atoms with Crippen molar-refractivity contribution in [3.8, 4) is 17.2 Å².